The minimum absolute atomic E-state index is 0.0415. The van der Waals surface area contributed by atoms with Crippen LogP contribution in [0, 0.1) is 5.92 Å². The summed E-state index contributed by atoms with van der Waals surface area (Å²) in [6.45, 7) is 1.62. The van der Waals surface area contributed by atoms with E-state index in [0.29, 0.717) is 12.8 Å². The second-order valence-corrected chi connectivity index (χ2v) is 7.89. The maximum atomic E-state index is 12.0. The third kappa shape index (κ3) is 3.14. The third-order valence-electron chi connectivity index (χ3n) is 4.28. The van der Waals surface area contributed by atoms with Gasteiger partial charge in [0.1, 0.15) is 0 Å². The minimum atomic E-state index is -3.32. The summed E-state index contributed by atoms with van der Waals surface area (Å²) in [7, 11) is -3.32. The number of aliphatic hydroxyl groups excluding tert-OH is 1. The molecule has 2 aromatic rings. The maximum Gasteiger partial charge on any atom is 0.211 e. The predicted molar refractivity (Wildman–Crippen MR) is 85.8 cm³/mol. The summed E-state index contributed by atoms with van der Waals surface area (Å²) >= 11 is 0. The Morgan fingerprint density at radius 3 is 2.77 bits per heavy atom. The Labute approximate surface area is 130 Å². The quantitative estimate of drug-likeness (QED) is 0.883. The molecule has 0 spiro atoms. The first-order chi connectivity index (χ1) is 10.5. The zero-order valence-corrected chi connectivity index (χ0v) is 13.3. The van der Waals surface area contributed by atoms with Crippen molar-refractivity contribution in [2.75, 3.05) is 5.75 Å². The fourth-order valence-electron chi connectivity index (χ4n) is 2.87. The van der Waals surface area contributed by atoms with Gasteiger partial charge in [-0.25, -0.2) is 13.1 Å². The van der Waals surface area contributed by atoms with Crippen molar-refractivity contribution in [3.8, 4) is 0 Å². The van der Waals surface area contributed by atoms with Crippen LogP contribution in [-0.2, 0) is 10.0 Å². The molecule has 1 aliphatic rings. The van der Waals surface area contributed by atoms with Crippen LogP contribution in [0.3, 0.4) is 0 Å². The van der Waals surface area contributed by atoms with Gasteiger partial charge >= 0.3 is 0 Å². The van der Waals surface area contributed by atoms with Crippen molar-refractivity contribution in [3.05, 3.63) is 42.1 Å². The molecule has 5 nitrogen and oxygen atoms in total. The molecular formula is C16H20N2O3S. The molecule has 22 heavy (non-hydrogen) atoms. The molecule has 1 heterocycles. The number of nitrogens with one attached hydrogen (secondary N) is 1. The van der Waals surface area contributed by atoms with Gasteiger partial charge in [-0.3, -0.25) is 4.98 Å². The number of aliphatic hydroxyl groups is 1. The number of sulfonamides is 1. The van der Waals surface area contributed by atoms with E-state index in [9.17, 15) is 13.5 Å². The van der Waals surface area contributed by atoms with Crippen LogP contribution in [0.25, 0.3) is 10.9 Å². The Morgan fingerprint density at radius 2 is 2.09 bits per heavy atom. The van der Waals surface area contributed by atoms with Crippen LogP contribution >= 0.6 is 0 Å². The molecule has 118 valence electrons. The van der Waals surface area contributed by atoms with Gasteiger partial charge in [0.25, 0.3) is 0 Å². The van der Waals surface area contributed by atoms with Crippen LogP contribution < -0.4 is 4.72 Å². The molecule has 1 fully saturated rings. The van der Waals surface area contributed by atoms with Gasteiger partial charge in [0.2, 0.25) is 10.0 Å². The van der Waals surface area contributed by atoms with Gasteiger partial charge in [-0.1, -0.05) is 18.2 Å². The van der Waals surface area contributed by atoms with Crippen molar-refractivity contribution in [2.24, 2.45) is 5.92 Å². The molecule has 0 aliphatic heterocycles. The molecule has 0 radical (unpaired) electrons. The summed E-state index contributed by atoms with van der Waals surface area (Å²) in [6.07, 6.45) is 2.63. The van der Waals surface area contributed by atoms with Crippen LogP contribution in [0.15, 0.2) is 36.5 Å². The first-order valence-corrected chi connectivity index (χ1v) is 9.16. The van der Waals surface area contributed by atoms with Gasteiger partial charge in [-0.15, -0.1) is 0 Å². The molecule has 0 amide bonds. The molecule has 6 heteroatoms. The third-order valence-corrected chi connectivity index (χ3v) is 5.65. The average Bonchev–Trinajstić information content (AvgIpc) is 2.49. The molecule has 2 N–H and O–H groups in total. The summed E-state index contributed by atoms with van der Waals surface area (Å²) in [4.78, 5) is 4.42. The first kappa shape index (κ1) is 15.4. The lowest BCUT2D eigenvalue weighted by Crippen LogP contribution is -2.41. The van der Waals surface area contributed by atoms with Gasteiger partial charge < -0.3 is 5.11 Å². The van der Waals surface area contributed by atoms with Crippen molar-refractivity contribution < 1.29 is 13.5 Å². The summed E-state index contributed by atoms with van der Waals surface area (Å²) in [5.74, 6) is 0.152. The normalized spacial score (nSPS) is 23.2. The molecule has 1 aliphatic carbocycles. The molecule has 1 aromatic heterocycles. The number of benzene rings is 1. The Balaban J connectivity index is 1.95. The van der Waals surface area contributed by atoms with E-state index in [-0.39, 0.29) is 23.8 Å². The lowest BCUT2D eigenvalue weighted by molar-refractivity contribution is 0.0280. The maximum absolute atomic E-state index is 12.0. The smallest absolute Gasteiger partial charge is 0.211 e. The van der Waals surface area contributed by atoms with Crippen LogP contribution in [0.2, 0.25) is 0 Å². The number of pyridine rings is 1. The largest absolute Gasteiger partial charge is 0.393 e. The highest BCUT2D eigenvalue weighted by atomic mass is 32.2. The van der Waals surface area contributed by atoms with Gasteiger partial charge in [-0.2, -0.15) is 0 Å². The molecule has 0 unspecified atom stereocenters. The molecule has 1 saturated carbocycles. The predicted octanol–water partition coefficient (Wildman–Crippen LogP) is 1.99. The second kappa shape index (κ2) is 5.95. The van der Waals surface area contributed by atoms with Crippen molar-refractivity contribution in [2.45, 2.75) is 31.9 Å². The van der Waals surface area contributed by atoms with E-state index in [2.05, 4.69) is 9.71 Å². The number of fused-ring (bicyclic) bond motifs is 1. The SMILES string of the molecule is CCS(=O)(=O)N[C@@H](c1cnc2ccccc2c1)C1CC(O)C1. The number of rotatable bonds is 5. The van der Waals surface area contributed by atoms with Gasteiger partial charge in [0.05, 0.1) is 23.4 Å². The van der Waals surface area contributed by atoms with E-state index < -0.39 is 10.0 Å². The van der Waals surface area contributed by atoms with Crippen molar-refractivity contribution in [1.29, 1.82) is 0 Å². The van der Waals surface area contributed by atoms with Crippen molar-refractivity contribution in [1.82, 2.24) is 9.71 Å². The van der Waals surface area contributed by atoms with Crippen LogP contribution in [-0.4, -0.2) is 30.4 Å². The fourth-order valence-corrected chi connectivity index (χ4v) is 3.76. The van der Waals surface area contributed by atoms with E-state index in [0.717, 1.165) is 16.5 Å². The number of aromatic nitrogens is 1. The molecule has 0 bridgehead atoms. The number of hydrogen-bond donors (Lipinski definition) is 2. The van der Waals surface area contributed by atoms with Gasteiger partial charge in [0.15, 0.2) is 0 Å². The van der Waals surface area contributed by atoms with Crippen LogP contribution in [0.1, 0.15) is 31.4 Å². The zero-order valence-electron chi connectivity index (χ0n) is 12.4. The number of para-hydroxylation sites is 1. The van der Waals surface area contributed by atoms with E-state index in [4.69, 9.17) is 0 Å². The molecule has 1 atom stereocenters. The Bertz CT molecular complexity index is 770. The standard InChI is InChI=1S/C16H20N2O3S/c1-2-22(20,21)18-16(12-8-14(19)9-12)13-7-11-5-3-4-6-15(11)17-10-13/h3-7,10,12,14,16,18-19H,2,8-9H2,1H3/t12?,14?,16-/m1/s1. The summed E-state index contributed by atoms with van der Waals surface area (Å²) < 4.78 is 26.7. The molecule has 3 rings (SSSR count). The highest BCUT2D eigenvalue weighted by molar-refractivity contribution is 7.89. The Hall–Kier alpha value is -1.50. The van der Waals surface area contributed by atoms with Crippen LogP contribution in [0.4, 0.5) is 0 Å². The summed E-state index contributed by atoms with van der Waals surface area (Å²) in [5.41, 5.74) is 1.74. The Morgan fingerprint density at radius 1 is 1.36 bits per heavy atom. The van der Waals surface area contributed by atoms with E-state index in [1.165, 1.54) is 0 Å². The lowest BCUT2D eigenvalue weighted by Gasteiger charge is -2.38. The van der Waals surface area contributed by atoms with E-state index in [1.807, 2.05) is 30.3 Å². The van der Waals surface area contributed by atoms with E-state index in [1.54, 1.807) is 13.1 Å². The summed E-state index contributed by atoms with van der Waals surface area (Å²) in [6, 6.07) is 9.41. The average molecular weight is 320 g/mol. The van der Waals surface area contributed by atoms with Gasteiger partial charge in [-0.05, 0) is 43.4 Å². The number of hydrogen-bond acceptors (Lipinski definition) is 4. The molecule has 1 aromatic carbocycles. The number of nitrogens with zero attached hydrogens (tertiary/aromatic N) is 1. The first-order valence-electron chi connectivity index (χ1n) is 7.51. The monoisotopic (exact) mass is 320 g/mol. The van der Waals surface area contributed by atoms with Crippen molar-refractivity contribution >= 4 is 20.9 Å². The van der Waals surface area contributed by atoms with E-state index >= 15 is 0 Å². The minimum Gasteiger partial charge on any atom is -0.393 e. The summed E-state index contributed by atoms with van der Waals surface area (Å²) in [5, 5.41) is 10.5. The van der Waals surface area contributed by atoms with Crippen molar-refractivity contribution in [3.63, 3.8) is 0 Å². The van der Waals surface area contributed by atoms with Crippen LogP contribution in [0.5, 0.6) is 0 Å². The molecular weight excluding hydrogens is 300 g/mol. The highest BCUT2D eigenvalue weighted by Gasteiger charge is 2.36. The highest BCUT2D eigenvalue weighted by Crippen LogP contribution is 2.38. The lowest BCUT2D eigenvalue weighted by atomic mass is 9.75. The fraction of sp³-hybridized carbons (Fsp3) is 0.438. The Kier molecular flexibility index (Phi) is 4.16. The second-order valence-electron chi connectivity index (χ2n) is 5.85. The topological polar surface area (TPSA) is 79.3 Å². The zero-order chi connectivity index (χ0) is 15.7. The van der Waals surface area contributed by atoms with Gasteiger partial charge in [0, 0.05) is 11.6 Å². The molecule has 0 saturated heterocycles.